The van der Waals surface area contributed by atoms with E-state index in [2.05, 4.69) is 48.3 Å². The average molecular weight is 286 g/mol. The molecule has 1 amide bonds. The van der Waals surface area contributed by atoms with E-state index in [-0.39, 0.29) is 5.54 Å². The molecule has 2 atom stereocenters. The number of amides is 1. The number of carbonyl (C=O) groups is 1. The predicted molar refractivity (Wildman–Crippen MR) is 84.9 cm³/mol. The van der Waals surface area contributed by atoms with E-state index in [9.17, 15) is 4.79 Å². The SMILES string of the molecule is CC1(C)CC(=O)N(Cc2ccccc2)[C@H]2CCCC[C@H]2N1. The summed E-state index contributed by atoms with van der Waals surface area (Å²) >= 11 is 0. The van der Waals surface area contributed by atoms with E-state index in [1.807, 2.05) is 6.07 Å². The molecule has 21 heavy (non-hydrogen) atoms. The number of benzene rings is 1. The first-order valence-electron chi connectivity index (χ1n) is 8.16. The molecule has 2 fully saturated rings. The molecule has 0 radical (unpaired) electrons. The van der Waals surface area contributed by atoms with Crippen molar-refractivity contribution < 1.29 is 4.79 Å². The number of fused-ring (bicyclic) bond motifs is 1. The number of hydrogen-bond donors (Lipinski definition) is 1. The topological polar surface area (TPSA) is 32.3 Å². The highest BCUT2D eigenvalue weighted by molar-refractivity contribution is 5.78. The Balaban J connectivity index is 1.86. The molecular weight excluding hydrogens is 260 g/mol. The molecule has 0 unspecified atom stereocenters. The van der Waals surface area contributed by atoms with Gasteiger partial charge in [-0.15, -0.1) is 0 Å². The van der Waals surface area contributed by atoms with Gasteiger partial charge in [0, 0.05) is 30.6 Å². The van der Waals surface area contributed by atoms with Crippen LogP contribution in [0.2, 0.25) is 0 Å². The first-order chi connectivity index (χ1) is 10.1. The van der Waals surface area contributed by atoms with Gasteiger partial charge in [-0.2, -0.15) is 0 Å². The molecule has 1 heterocycles. The van der Waals surface area contributed by atoms with Gasteiger partial charge in [0.25, 0.3) is 0 Å². The summed E-state index contributed by atoms with van der Waals surface area (Å²) in [6.45, 7) is 5.06. The van der Waals surface area contributed by atoms with E-state index in [0.717, 1.165) is 13.0 Å². The summed E-state index contributed by atoms with van der Waals surface area (Å²) in [7, 11) is 0. The Kier molecular flexibility index (Phi) is 4.03. The van der Waals surface area contributed by atoms with Crippen LogP contribution in [-0.2, 0) is 11.3 Å². The van der Waals surface area contributed by atoms with Crippen molar-refractivity contribution in [2.75, 3.05) is 0 Å². The lowest BCUT2D eigenvalue weighted by Crippen LogP contribution is -2.53. The van der Waals surface area contributed by atoms with E-state index in [1.165, 1.54) is 24.8 Å². The summed E-state index contributed by atoms with van der Waals surface area (Å²) in [5, 5.41) is 3.74. The third-order valence-electron chi connectivity index (χ3n) is 4.82. The molecule has 0 bridgehead atoms. The molecule has 3 heteroatoms. The van der Waals surface area contributed by atoms with Crippen LogP contribution < -0.4 is 5.32 Å². The summed E-state index contributed by atoms with van der Waals surface area (Å²) in [6.07, 6.45) is 5.42. The Morgan fingerprint density at radius 1 is 1.19 bits per heavy atom. The summed E-state index contributed by atoms with van der Waals surface area (Å²) in [6, 6.07) is 11.2. The Bertz CT molecular complexity index is 497. The molecule has 3 rings (SSSR count). The smallest absolute Gasteiger partial charge is 0.225 e. The maximum atomic E-state index is 12.8. The number of carbonyl (C=O) groups excluding carboxylic acids is 1. The fourth-order valence-electron chi connectivity index (χ4n) is 3.86. The Hall–Kier alpha value is -1.35. The van der Waals surface area contributed by atoms with Crippen LogP contribution in [0.25, 0.3) is 0 Å². The highest BCUT2D eigenvalue weighted by Crippen LogP contribution is 2.31. The summed E-state index contributed by atoms with van der Waals surface area (Å²) in [4.78, 5) is 14.9. The van der Waals surface area contributed by atoms with Crippen molar-refractivity contribution in [2.45, 2.75) is 70.1 Å². The van der Waals surface area contributed by atoms with E-state index in [4.69, 9.17) is 0 Å². The fraction of sp³-hybridized carbons (Fsp3) is 0.611. The second-order valence-corrected chi connectivity index (χ2v) is 7.17. The third-order valence-corrected chi connectivity index (χ3v) is 4.82. The largest absolute Gasteiger partial charge is 0.334 e. The van der Waals surface area contributed by atoms with Gasteiger partial charge in [-0.05, 0) is 32.3 Å². The van der Waals surface area contributed by atoms with Crippen molar-refractivity contribution in [1.82, 2.24) is 10.2 Å². The molecule has 0 aromatic heterocycles. The standard InChI is InChI=1S/C18H26N2O/c1-18(2)12-17(21)20(13-14-8-4-3-5-9-14)16-11-7-6-10-15(16)19-18/h3-5,8-9,15-16,19H,6-7,10-13H2,1-2H3/t15-,16+/m1/s1. The van der Waals surface area contributed by atoms with Gasteiger partial charge in [0.1, 0.15) is 0 Å². The van der Waals surface area contributed by atoms with Gasteiger partial charge in [0.05, 0.1) is 0 Å². The Morgan fingerprint density at radius 3 is 2.67 bits per heavy atom. The van der Waals surface area contributed by atoms with Crippen molar-refractivity contribution in [3.05, 3.63) is 35.9 Å². The Labute approximate surface area is 127 Å². The lowest BCUT2D eigenvalue weighted by molar-refractivity contribution is -0.134. The van der Waals surface area contributed by atoms with Crippen molar-refractivity contribution in [2.24, 2.45) is 0 Å². The second kappa shape index (κ2) is 5.80. The van der Waals surface area contributed by atoms with Crippen LogP contribution in [0.4, 0.5) is 0 Å². The van der Waals surface area contributed by atoms with E-state index in [1.54, 1.807) is 0 Å². The van der Waals surface area contributed by atoms with Crippen molar-refractivity contribution in [1.29, 1.82) is 0 Å². The fourth-order valence-corrected chi connectivity index (χ4v) is 3.86. The normalized spacial score (nSPS) is 28.9. The molecule has 0 spiro atoms. The van der Waals surface area contributed by atoms with Gasteiger partial charge in [0.15, 0.2) is 0 Å². The maximum Gasteiger partial charge on any atom is 0.225 e. The minimum Gasteiger partial charge on any atom is -0.334 e. The Morgan fingerprint density at radius 2 is 1.90 bits per heavy atom. The number of rotatable bonds is 2. The number of hydrogen-bond acceptors (Lipinski definition) is 2. The van der Waals surface area contributed by atoms with Crippen LogP contribution >= 0.6 is 0 Å². The maximum absolute atomic E-state index is 12.8. The first-order valence-corrected chi connectivity index (χ1v) is 8.16. The molecule has 1 saturated heterocycles. The van der Waals surface area contributed by atoms with Gasteiger partial charge in [0.2, 0.25) is 5.91 Å². The zero-order valence-corrected chi connectivity index (χ0v) is 13.1. The van der Waals surface area contributed by atoms with Gasteiger partial charge in [-0.3, -0.25) is 4.79 Å². The molecule has 1 aromatic carbocycles. The minimum absolute atomic E-state index is 0.0945. The molecule has 114 valence electrons. The highest BCUT2D eigenvalue weighted by atomic mass is 16.2. The first kappa shape index (κ1) is 14.6. The van der Waals surface area contributed by atoms with Crippen LogP contribution in [0, 0.1) is 0 Å². The molecule has 3 nitrogen and oxygen atoms in total. The van der Waals surface area contributed by atoms with Crippen molar-refractivity contribution in [3.63, 3.8) is 0 Å². The van der Waals surface area contributed by atoms with Crippen LogP contribution in [0.5, 0.6) is 0 Å². The van der Waals surface area contributed by atoms with Gasteiger partial charge >= 0.3 is 0 Å². The molecular formula is C18H26N2O. The lowest BCUT2D eigenvalue weighted by atomic mass is 9.88. The average Bonchev–Trinajstić information content (AvgIpc) is 2.54. The molecule has 1 aliphatic heterocycles. The van der Waals surface area contributed by atoms with E-state index >= 15 is 0 Å². The van der Waals surface area contributed by atoms with Gasteiger partial charge in [-0.25, -0.2) is 0 Å². The number of nitrogens with one attached hydrogen (secondary N) is 1. The molecule has 1 saturated carbocycles. The molecule has 1 aromatic rings. The highest BCUT2D eigenvalue weighted by Gasteiger charge is 2.40. The summed E-state index contributed by atoms with van der Waals surface area (Å²) < 4.78 is 0. The van der Waals surface area contributed by atoms with Crippen molar-refractivity contribution in [3.8, 4) is 0 Å². The second-order valence-electron chi connectivity index (χ2n) is 7.17. The van der Waals surface area contributed by atoms with Gasteiger partial charge in [-0.1, -0.05) is 43.2 Å². The zero-order valence-electron chi connectivity index (χ0n) is 13.1. The van der Waals surface area contributed by atoms with Gasteiger partial charge < -0.3 is 10.2 Å². The molecule has 1 aliphatic carbocycles. The lowest BCUT2D eigenvalue weighted by Gasteiger charge is -2.39. The monoisotopic (exact) mass is 286 g/mol. The van der Waals surface area contributed by atoms with Crippen LogP contribution in [0.1, 0.15) is 51.5 Å². The van der Waals surface area contributed by atoms with Crippen LogP contribution in [0.3, 0.4) is 0 Å². The molecule has 2 aliphatic rings. The molecule has 1 N–H and O–H groups in total. The summed E-state index contributed by atoms with van der Waals surface area (Å²) in [5.74, 6) is 0.297. The predicted octanol–water partition coefficient (Wildman–Crippen LogP) is 3.10. The quantitative estimate of drug-likeness (QED) is 0.906. The van der Waals surface area contributed by atoms with Crippen LogP contribution in [0.15, 0.2) is 30.3 Å². The van der Waals surface area contributed by atoms with E-state index in [0.29, 0.717) is 24.4 Å². The zero-order chi connectivity index (χ0) is 14.9. The number of nitrogens with zero attached hydrogens (tertiary/aromatic N) is 1. The van der Waals surface area contributed by atoms with Crippen LogP contribution in [-0.4, -0.2) is 28.4 Å². The minimum atomic E-state index is -0.0945. The summed E-state index contributed by atoms with van der Waals surface area (Å²) in [5.41, 5.74) is 1.14. The van der Waals surface area contributed by atoms with Crippen molar-refractivity contribution >= 4 is 5.91 Å². The third kappa shape index (κ3) is 3.29. The van der Waals surface area contributed by atoms with E-state index < -0.39 is 0 Å².